The number of hydrogen-bond acceptors (Lipinski definition) is 20. The van der Waals surface area contributed by atoms with Crippen LogP contribution < -0.4 is 5.32 Å². The molecule has 0 unspecified atom stereocenters. The minimum atomic E-state index is -1.86. The molecule has 7 aromatic carbocycles. The Labute approximate surface area is 547 Å². The fourth-order valence-electron chi connectivity index (χ4n) is 12.2. The maximum Gasteiger partial charge on any atom is 0.187 e. The molecule has 0 aromatic heterocycles. The molecule has 4 aliphatic rings. The van der Waals surface area contributed by atoms with Crippen molar-refractivity contribution in [1.29, 1.82) is 0 Å². The fraction of sp³-hybridized carbons (Fsp3) is 0.405. The second kappa shape index (κ2) is 34.9. The van der Waals surface area contributed by atoms with Crippen LogP contribution in [-0.2, 0) is 103 Å². The lowest BCUT2D eigenvalue weighted by Gasteiger charge is -2.51. The van der Waals surface area contributed by atoms with Gasteiger partial charge in [-0.1, -0.05) is 218 Å². The molecule has 11 rings (SSSR count). The largest absolute Gasteiger partial charge is 0.394 e. The van der Waals surface area contributed by atoms with Gasteiger partial charge in [0.05, 0.1) is 84.8 Å². The molecular weight excluding hydrogens is 1210 g/mol. The Morgan fingerprint density at radius 2 is 0.670 bits per heavy atom. The van der Waals surface area contributed by atoms with Gasteiger partial charge in [0.1, 0.15) is 85.5 Å². The number of hydrogen-bond donors (Lipinski definition) is 8. The zero-order valence-corrected chi connectivity index (χ0v) is 52.1. The van der Waals surface area contributed by atoms with E-state index in [1.54, 1.807) is 0 Å². The second-order valence-corrected chi connectivity index (χ2v) is 23.9. The van der Waals surface area contributed by atoms with E-state index in [1.807, 2.05) is 212 Å². The Morgan fingerprint density at radius 1 is 0.330 bits per heavy atom. The Kier molecular flexibility index (Phi) is 25.6. The molecule has 0 spiro atoms. The summed E-state index contributed by atoms with van der Waals surface area (Å²) in [6, 6.07) is 65.2. The molecule has 0 bridgehead atoms. The zero-order valence-electron chi connectivity index (χ0n) is 52.1. The molecule has 7 aromatic rings. The lowest BCUT2D eigenvalue weighted by Crippen LogP contribution is -2.70. The number of aliphatic hydroxyl groups excluding tert-OH is 7. The van der Waals surface area contributed by atoms with Gasteiger partial charge in [-0.25, -0.2) is 0 Å². The van der Waals surface area contributed by atoms with Crippen molar-refractivity contribution in [3.8, 4) is 0 Å². The molecule has 3 saturated heterocycles. The van der Waals surface area contributed by atoms with E-state index in [0.717, 1.165) is 38.9 Å². The van der Waals surface area contributed by atoms with Crippen LogP contribution in [0.1, 0.15) is 38.9 Å². The molecule has 20 heteroatoms. The number of ether oxygens (including phenoxy) is 12. The summed E-state index contributed by atoms with van der Waals surface area (Å²) in [5.74, 6) is 0. The zero-order chi connectivity index (χ0) is 65.0. The predicted molar refractivity (Wildman–Crippen MR) is 342 cm³/mol. The molecule has 0 radical (unpaired) electrons. The number of aliphatic hydroxyl groups is 7. The van der Waals surface area contributed by atoms with Gasteiger partial charge in [-0.15, -0.1) is 0 Å². The van der Waals surface area contributed by atoms with Gasteiger partial charge in [0.2, 0.25) is 0 Å². The van der Waals surface area contributed by atoms with Crippen LogP contribution in [0.3, 0.4) is 0 Å². The van der Waals surface area contributed by atoms with E-state index in [1.165, 1.54) is 6.08 Å². The van der Waals surface area contributed by atoms with E-state index >= 15 is 0 Å². The van der Waals surface area contributed by atoms with E-state index in [4.69, 9.17) is 56.8 Å². The SMILES string of the molecule is OCC1=C[C@@H](N[C@H]2[C@H](O)[C@@H](O)[C@H](O[C@H]3[C@H](OCc4ccccc4)[C@@H](OCc4ccccc4)[C@H](O[C@H]4[C@H](OCc5ccccc5)[C@@H](OCc5ccccc5)[C@H](OCc5ccccc5)O[C@@H]4COCc4ccccc4)O[C@@H]3COCc3ccccc3)O[C@@H]2CO)[C@H](O)[C@@H](O)[C@@H]1O. The summed E-state index contributed by atoms with van der Waals surface area (Å²) in [6.45, 7) is -0.818. The first-order chi connectivity index (χ1) is 46.1. The van der Waals surface area contributed by atoms with Gasteiger partial charge in [-0.3, -0.25) is 0 Å². The molecule has 0 saturated carbocycles. The summed E-state index contributed by atoms with van der Waals surface area (Å²) in [4.78, 5) is 0. The minimum absolute atomic E-state index is 0.00240. The van der Waals surface area contributed by atoms with E-state index in [2.05, 4.69) is 5.32 Å². The number of benzene rings is 7. The average molecular weight is 1290 g/mol. The van der Waals surface area contributed by atoms with E-state index in [9.17, 15) is 35.7 Å². The van der Waals surface area contributed by atoms with Crippen LogP contribution in [0.2, 0.25) is 0 Å². The van der Waals surface area contributed by atoms with Crippen molar-refractivity contribution in [2.45, 2.75) is 163 Å². The maximum absolute atomic E-state index is 12.3. The monoisotopic (exact) mass is 1290 g/mol. The van der Waals surface area contributed by atoms with Gasteiger partial charge in [0, 0.05) is 0 Å². The molecular formula is C74H85NO19. The Morgan fingerprint density at radius 3 is 1.06 bits per heavy atom. The van der Waals surface area contributed by atoms with Gasteiger partial charge >= 0.3 is 0 Å². The lowest BCUT2D eigenvalue weighted by molar-refractivity contribution is -0.390. The summed E-state index contributed by atoms with van der Waals surface area (Å²) in [6.07, 6.45) is -21.6. The first-order valence-corrected chi connectivity index (χ1v) is 32.0. The Bertz CT molecular complexity index is 3300. The topological polar surface area (TPSA) is 264 Å². The third kappa shape index (κ3) is 18.3. The predicted octanol–water partition coefficient (Wildman–Crippen LogP) is 5.98. The van der Waals surface area contributed by atoms with Gasteiger partial charge in [-0.05, 0) is 44.5 Å². The Balaban J connectivity index is 0.995. The van der Waals surface area contributed by atoms with E-state index < -0.39 is 130 Å². The van der Waals surface area contributed by atoms with Crippen LogP contribution in [0.4, 0.5) is 0 Å². The molecule has 500 valence electrons. The van der Waals surface area contributed by atoms with Crippen molar-refractivity contribution in [3.05, 3.63) is 263 Å². The van der Waals surface area contributed by atoms with E-state index in [-0.39, 0.29) is 65.0 Å². The summed E-state index contributed by atoms with van der Waals surface area (Å²) < 4.78 is 84.0. The number of nitrogens with one attached hydrogen (secondary N) is 1. The molecule has 94 heavy (non-hydrogen) atoms. The summed E-state index contributed by atoms with van der Waals surface area (Å²) >= 11 is 0. The maximum atomic E-state index is 12.3. The van der Waals surface area contributed by atoms with Crippen molar-refractivity contribution < 1.29 is 92.6 Å². The summed E-state index contributed by atoms with van der Waals surface area (Å²) in [5.41, 5.74) is 6.04. The van der Waals surface area contributed by atoms with Gasteiger partial charge < -0.3 is 97.9 Å². The van der Waals surface area contributed by atoms with Crippen molar-refractivity contribution in [1.82, 2.24) is 5.32 Å². The average Bonchev–Trinajstić information content (AvgIpc) is 0.788. The quantitative estimate of drug-likeness (QED) is 0.0232. The molecule has 3 fully saturated rings. The van der Waals surface area contributed by atoms with Gasteiger partial charge in [0.15, 0.2) is 18.9 Å². The van der Waals surface area contributed by atoms with Crippen molar-refractivity contribution in [2.75, 3.05) is 26.4 Å². The van der Waals surface area contributed by atoms with Crippen molar-refractivity contribution in [2.24, 2.45) is 0 Å². The molecule has 19 atom stereocenters. The lowest BCUT2D eigenvalue weighted by atomic mass is 9.86. The highest BCUT2D eigenvalue weighted by Gasteiger charge is 2.57. The van der Waals surface area contributed by atoms with Gasteiger partial charge in [0.25, 0.3) is 0 Å². The highest BCUT2D eigenvalue weighted by molar-refractivity contribution is 5.24. The third-order valence-electron chi connectivity index (χ3n) is 17.2. The second-order valence-electron chi connectivity index (χ2n) is 23.9. The van der Waals surface area contributed by atoms with Gasteiger partial charge in [-0.2, -0.15) is 0 Å². The Hall–Kier alpha value is -6.52. The minimum Gasteiger partial charge on any atom is -0.394 e. The van der Waals surface area contributed by atoms with Crippen LogP contribution >= 0.6 is 0 Å². The fourth-order valence-corrected chi connectivity index (χ4v) is 12.2. The van der Waals surface area contributed by atoms with Crippen LogP contribution in [-0.4, -0.2) is 179 Å². The first-order valence-electron chi connectivity index (χ1n) is 32.0. The van der Waals surface area contributed by atoms with Crippen LogP contribution in [0.5, 0.6) is 0 Å². The summed E-state index contributed by atoms with van der Waals surface area (Å²) in [7, 11) is 0. The van der Waals surface area contributed by atoms with E-state index in [0.29, 0.717) is 0 Å². The molecule has 3 aliphatic heterocycles. The van der Waals surface area contributed by atoms with Crippen molar-refractivity contribution >= 4 is 0 Å². The third-order valence-corrected chi connectivity index (χ3v) is 17.2. The van der Waals surface area contributed by atoms with Crippen LogP contribution in [0.15, 0.2) is 224 Å². The van der Waals surface area contributed by atoms with Crippen LogP contribution in [0.25, 0.3) is 0 Å². The standard InChI is InChI=1S/C74H85NO19/c76-37-55-36-56(62(79)64(81)61(55)78)75-60-57(38-77)90-72(65(82)63(60)80)93-66-59(47-84-40-49-24-10-2-11-25-49)92-74(71(88-44-53-32-18-6-19-33-53)69(66)86-42-51-28-14-4-15-29-51)94-67-58(46-83-39-48-22-8-1-9-23-48)91-73(89-45-54-34-20-7-21-35-54)70(87-43-52-30-16-5-17-31-52)68(67)85-41-50-26-12-3-13-27-50/h1-36,56-82H,37-47H2/t56-,57-,58-,59-,60-,61-,62+,63+,64+,65-,66-,67-,68+,69+,70-,71-,72+,73-,74+/m1/s1. The van der Waals surface area contributed by atoms with Crippen LogP contribution in [0, 0.1) is 0 Å². The normalized spacial score (nSPS) is 30.4. The molecule has 3 heterocycles. The molecule has 20 nitrogen and oxygen atoms in total. The number of rotatable bonds is 31. The smallest absolute Gasteiger partial charge is 0.187 e. The summed E-state index contributed by atoms with van der Waals surface area (Å²) in [5, 5.41) is 80.8. The molecule has 8 N–H and O–H groups in total. The highest BCUT2D eigenvalue weighted by atomic mass is 16.8. The van der Waals surface area contributed by atoms with Crippen molar-refractivity contribution in [3.63, 3.8) is 0 Å². The molecule has 1 aliphatic carbocycles. The highest BCUT2D eigenvalue weighted by Crippen LogP contribution is 2.39. The first kappa shape index (κ1) is 68.9. The molecule has 0 amide bonds.